The number of nitrogens with zero attached hydrogens (tertiary/aromatic N) is 1. The van der Waals surface area contributed by atoms with Gasteiger partial charge in [-0.3, -0.25) is 0 Å². The number of urea groups is 1. The summed E-state index contributed by atoms with van der Waals surface area (Å²) in [6, 6.07) is 14.4. The van der Waals surface area contributed by atoms with Crippen molar-refractivity contribution in [2.75, 3.05) is 19.5 Å². The number of ether oxygens (including phenoxy) is 2. The van der Waals surface area contributed by atoms with E-state index in [-0.39, 0.29) is 12.6 Å². The third kappa shape index (κ3) is 4.38. The molecular formula is C20H21N3O4. The summed E-state index contributed by atoms with van der Waals surface area (Å²) in [7, 11) is 3.10. The molecule has 0 bridgehead atoms. The Morgan fingerprint density at radius 2 is 1.89 bits per heavy atom. The fraction of sp³-hybridized carbons (Fsp3) is 0.200. The van der Waals surface area contributed by atoms with Gasteiger partial charge in [0.2, 0.25) is 5.89 Å². The van der Waals surface area contributed by atoms with E-state index in [4.69, 9.17) is 13.9 Å². The molecule has 1 heterocycles. The number of rotatable bonds is 6. The highest BCUT2D eigenvalue weighted by molar-refractivity contribution is 5.91. The molecule has 0 fully saturated rings. The van der Waals surface area contributed by atoms with Gasteiger partial charge in [0.15, 0.2) is 0 Å². The second kappa shape index (κ2) is 8.27. The van der Waals surface area contributed by atoms with Crippen LogP contribution in [0.1, 0.15) is 11.5 Å². The maximum atomic E-state index is 12.3. The van der Waals surface area contributed by atoms with E-state index in [1.54, 1.807) is 25.3 Å². The summed E-state index contributed by atoms with van der Waals surface area (Å²) in [4.78, 5) is 16.7. The first-order valence-corrected chi connectivity index (χ1v) is 8.39. The molecule has 3 rings (SSSR count). The lowest BCUT2D eigenvalue weighted by Crippen LogP contribution is -2.28. The Morgan fingerprint density at radius 1 is 1.11 bits per heavy atom. The van der Waals surface area contributed by atoms with Crippen molar-refractivity contribution in [3.8, 4) is 23.0 Å². The number of carbonyl (C=O) groups excluding carboxylic acids is 1. The molecule has 0 saturated heterocycles. The standard InChI is InChI=1S/C20H21N3O4/c1-13-17(22-19(27-13)14-7-5-4-6-8-14)12-21-20(24)23-16-11-15(25-2)9-10-18(16)26-3/h4-11H,12H2,1-3H3,(H2,21,23,24). The van der Waals surface area contributed by atoms with Crippen LogP contribution in [0.15, 0.2) is 52.9 Å². The molecule has 0 atom stereocenters. The van der Waals surface area contributed by atoms with Gasteiger partial charge in [-0.15, -0.1) is 0 Å². The number of anilines is 1. The zero-order valence-corrected chi connectivity index (χ0v) is 15.4. The van der Waals surface area contributed by atoms with Crippen molar-refractivity contribution in [3.63, 3.8) is 0 Å². The minimum absolute atomic E-state index is 0.236. The van der Waals surface area contributed by atoms with E-state index < -0.39 is 0 Å². The molecule has 0 aliphatic rings. The maximum Gasteiger partial charge on any atom is 0.319 e. The topological polar surface area (TPSA) is 85.6 Å². The van der Waals surface area contributed by atoms with Crippen LogP contribution in [0.4, 0.5) is 10.5 Å². The van der Waals surface area contributed by atoms with Crippen LogP contribution in [-0.2, 0) is 6.54 Å². The molecule has 7 heteroatoms. The molecule has 0 aliphatic carbocycles. The average Bonchev–Trinajstić information content (AvgIpc) is 3.07. The van der Waals surface area contributed by atoms with E-state index in [9.17, 15) is 4.79 Å². The lowest BCUT2D eigenvalue weighted by atomic mass is 10.2. The third-order valence-electron chi connectivity index (χ3n) is 3.98. The predicted molar refractivity (Wildman–Crippen MR) is 102 cm³/mol. The molecule has 3 aromatic rings. The van der Waals surface area contributed by atoms with Crippen molar-refractivity contribution >= 4 is 11.7 Å². The number of oxazole rings is 1. The Morgan fingerprint density at radius 3 is 2.59 bits per heavy atom. The lowest BCUT2D eigenvalue weighted by molar-refractivity contribution is 0.251. The lowest BCUT2D eigenvalue weighted by Gasteiger charge is -2.12. The van der Waals surface area contributed by atoms with E-state index in [1.807, 2.05) is 37.3 Å². The molecule has 0 spiro atoms. The second-order valence-corrected chi connectivity index (χ2v) is 5.76. The first-order valence-electron chi connectivity index (χ1n) is 8.39. The zero-order valence-electron chi connectivity index (χ0n) is 15.4. The van der Waals surface area contributed by atoms with E-state index in [0.29, 0.717) is 34.5 Å². The van der Waals surface area contributed by atoms with Gasteiger partial charge in [0.05, 0.1) is 26.5 Å². The summed E-state index contributed by atoms with van der Waals surface area (Å²) >= 11 is 0. The summed E-state index contributed by atoms with van der Waals surface area (Å²) in [5.74, 6) is 2.34. The number of hydrogen-bond donors (Lipinski definition) is 2. The monoisotopic (exact) mass is 367 g/mol. The molecule has 7 nitrogen and oxygen atoms in total. The highest BCUT2D eigenvalue weighted by atomic mass is 16.5. The summed E-state index contributed by atoms with van der Waals surface area (Å²) in [5, 5.41) is 5.52. The number of amides is 2. The minimum atomic E-state index is -0.384. The number of benzene rings is 2. The first kappa shape index (κ1) is 18.3. The van der Waals surface area contributed by atoms with Crippen molar-refractivity contribution < 1.29 is 18.7 Å². The molecule has 2 amide bonds. The number of carbonyl (C=O) groups is 1. The Hall–Kier alpha value is -3.48. The number of aryl methyl sites for hydroxylation is 1. The fourth-order valence-corrected chi connectivity index (χ4v) is 2.54. The average molecular weight is 367 g/mol. The predicted octanol–water partition coefficient (Wildman–Crippen LogP) is 3.99. The van der Waals surface area contributed by atoms with Gasteiger partial charge < -0.3 is 24.5 Å². The highest BCUT2D eigenvalue weighted by Crippen LogP contribution is 2.28. The summed E-state index contributed by atoms with van der Waals surface area (Å²) in [6.45, 7) is 2.06. The van der Waals surface area contributed by atoms with E-state index in [0.717, 1.165) is 5.56 Å². The third-order valence-corrected chi connectivity index (χ3v) is 3.98. The van der Waals surface area contributed by atoms with Gasteiger partial charge in [0.1, 0.15) is 23.0 Å². The van der Waals surface area contributed by atoms with Gasteiger partial charge in [-0.2, -0.15) is 0 Å². The van der Waals surface area contributed by atoms with Gasteiger partial charge in [0, 0.05) is 11.6 Å². The van der Waals surface area contributed by atoms with Crippen LogP contribution in [-0.4, -0.2) is 25.2 Å². The van der Waals surface area contributed by atoms with Crippen LogP contribution < -0.4 is 20.1 Å². The summed E-state index contributed by atoms with van der Waals surface area (Å²) in [5.41, 5.74) is 2.07. The maximum absolute atomic E-state index is 12.3. The highest BCUT2D eigenvalue weighted by Gasteiger charge is 2.13. The van der Waals surface area contributed by atoms with Crippen molar-refractivity contribution in [1.82, 2.24) is 10.3 Å². The first-order chi connectivity index (χ1) is 13.1. The molecule has 0 aliphatic heterocycles. The van der Waals surface area contributed by atoms with Gasteiger partial charge in [-0.1, -0.05) is 18.2 Å². The number of nitrogens with one attached hydrogen (secondary N) is 2. The number of hydrogen-bond acceptors (Lipinski definition) is 5. The molecule has 0 radical (unpaired) electrons. The van der Waals surface area contributed by atoms with Crippen molar-refractivity contribution in [2.24, 2.45) is 0 Å². The number of methoxy groups -OCH3 is 2. The molecular weight excluding hydrogens is 346 g/mol. The van der Waals surface area contributed by atoms with Crippen molar-refractivity contribution in [1.29, 1.82) is 0 Å². The molecule has 140 valence electrons. The largest absolute Gasteiger partial charge is 0.497 e. The Balaban J connectivity index is 1.66. The molecule has 27 heavy (non-hydrogen) atoms. The Kier molecular flexibility index (Phi) is 5.61. The summed E-state index contributed by atoms with van der Waals surface area (Å²) < 4.78 is 16.1. The minimum Gasteiger partial charge on any atom is -0.497 e. The molecule has 0 saturated carbocycles. The molecule has 0 unspecified atom stereocenters. The van der Waals surface area contributed by atoms with Crippen LogP contribution >= 0.6 is 0 Å². The van der Waals surface area contributed by atoms with Crippen molar-refractivity contribution in [3.05, 3.63) is 60.0 Å². The second-order valence-electron chi connectivity index (χ2n) is 5.76. The molecule has 2 N–H and O–H groups in total. The van der Waals surface area contributed by atoms with E-state index >= 15 is 0 Å². The molecule has 2 aromatic carbocycles. The Bertz CT molecular complexity index is 922. The van der Waals surface area contributed by atoms with Crippen LogP contribution in [0, 0.1) is 6.92 Å². The van der Waals surface area contributed by atoms with Crippen LogP contribution in [0.25, 0.3) is 11.5 Å². The normalized spacial score (nSPS) is 10.3. The van der Waals surface area contributed by atoms with Crippen molar-refractivity contribution in [2.45, 2.75) is 13.5 Å². The quantitative estimate of drug-likeness (QED) is 0.688. The SMILES string of the molecule is COc1ccc(OC)c(NC(=O)NCc2nc(-c3ccccc3)oc2C)c1. The van der Waals surface area contributed by atoms with E-state index in [2.05, 4.69) is 15.6 Å². The van der Waals surface area contributed by atoms with Gasteiger partial charge in [-0.25, -0.2) is 9.78 Å². The van der Waals surface area contributed by atoms with Crippen LogP contribution in [0.3, 0.4) is 0 Å². The summed E-state index contributed by atoms with van der Waals surface area (Å²) in [6.07, 6.45) is 0. The van der Waals surface area contributed by atoms with Gasteiger partial charge in [-0.05, 0) is 31.2 Å². The van der Waals surface area contributed by atoms with Crippen LogP contribution in [0.5, 0.6) is 11.5 Å². The Labute approximate surface area is 157 Å². The zero-order chi connectivity index (χ0) is 19.2. The van der Waals surface area contributed by atoms with Gasteiger partial charge >= 0.3 is 6.03 Å². The van der Waals surface area contributed by atoms with Gasteiger partial charge in [0.25, 0.3) is 0 Å². The van der Waals surface area contributed by atoms with E-state index in [1.165, 1.54) is 7.11 Å². The number of aromatic nitrogens is 1. The molecule has 1 aromatic heterocycles. The fourth-order valence-electron chi connectivity index (χ4n) is 2.54. The van der Waals surface area contributed by atoms with Crippen LogP contribution in [0.2, 0.25) is 0 Å². The smallest absolute Gasteiger partial charge is 0.319 e.